The minimum atomic E-state index is -4.12. The molecule has 0 fully saturated rings. The van der Waals surface area contributed by atoms with Crippen molar-refractivity contribution in [2.45, 2.75) is 11.8 Å². The highest BCUT2D eigenvalue weighted by Crippen LogP contribution is 2.22. The Morgan fingerprint density at radius 3 is 2.71 bits per heavy atom. The summed E-state index contributed by atoms with van der Waals surface area (Å²) in [6.07, 6.45) is 2.31. The summed E-state index contributed by atoms with van der Waals surface area (Å²) in [6.45, 7) is 1.51. The van der Waals surface area contributed by atoms with E-state index < -0.39 is 21.8 Å². The Labute approximate surface area is 120 Å². The molecule has 8 heteroatoms. The molecule has 0 saturated carbocycles. The SMILES string of the molecule is Cc1ccc(F)cc1S(=O)(=O)Nc1cnccc1C(=O)O. The lowest BCUT2D eigenvalue weighted by atomic mass is 10.2. The first-order valence-corrected chi connectivity index (χ1v) is 7.26. The molecule has 2 aromatic rings. The highest BCUT2D eigenvalue weighted by Gasteiger charge is 2.21. The Kier molecular flexibility index (Phi) is 3.90. The van der Waals surface area contributed by atoms with Crippen molar-refractivity contribution in [2.24, 2.45) is 0 Å². The van der Waals surface area contributed by atoms with Crippen molar-refractivity contribution in [1.82, 2.24) is 4.98 Å². The van der Waals surface area contributed by atoms with Gasteiger partial charge >= 0.3 is 5.97 Å². The standard InChI is InChI=1S/C13H11FN2O4S/c1-8-2-3-9(14)6-12(8)21(19,20)16-11-7-15-5-4-10(11)13(17)18/h2-7,16H,1H3,(H,17,18). The average Bonchev–Trinajstić information content (AvgIpc) is 2.41. The summed E-state index contributed by atoms with van der Waals surface area (Å²) < 4.78 is 39.8. The van der Waals surface area contributed by atoms with Gasteiger partial charge in [0.1, 0.15) is 5.82 Å². The van der Waals surface area contributed by atoms with E-state index in [-0.39, 0.29) is 16.1 Å². The number of benzene rings is 1. The van der Waals surface area contributed by atoms with Gasteiger partial charge in [0, 0.05) is 6.20 Å². The Bertz CT molecular complexity index is 806. The van der Waals surface area contributed by atoms with Gasteiger partial charge in [0.2, 0.25) is 0 Å². The monoisotopic (exact) mass is 310 g/mol. The molecule has 1 heterocycles. The molecule has 110 valence electrons. The number of aromatic nitrogens is 1. The normalized spacial score (nSPS) is 11.1. The van der Waals surface area contributed by atoms with Crippen LogP contribution >= 0.6 is 0 Å². The lowest BCUT2D eigenvalue weighted by Crippen LogP contribution is -2.17. The van der Waals surface area contributed by atoms with Crippen LogP contribution in [0.4, 0.5) is 10.1 Å². The second-order valence-corrected chi connectivity index (χ2v) is 5.89. The number of pyridine rings is 1. The number of nitrogens with one attached hydrogen (secondary N) is 1. The summed E-state index contributed by atoms with van der Waals surface area (Å²) >= 11 is 0. The fourth-order valence-electron chi connectivity index (χ4n) is 1.73. The van der Waals surface area contributed by atoms with E-state index in [0.717, 1.165) is 18.3 Å². The molecule has 6 nitrogen and oxygen atoms in total. The Hall–Kier alpha value is -2.48. The Morgan fingerprint density at radius 1 is 1.33 bits per heavy atom. The van der Waals surface area contributed by atoms with E-state index >= 15 is 0 Å². The van der Waals surface area contributed by atoms with Gasteiger partial charge in [0.15, 0.2) is 0 Å². The maximum absolute atomic E-state index is 13.2. The zero-order valence-electron chi connectivity index (χ0n) is 10.9. The molecule has 0 unspecified atom stereocenters. The predicted octanol–water partition coefficient (Wildman–Crippen LogP) is 2.03. The first kappa shape index (κ1) is 14.9. The number of halogens is 1. The van der Waals surface area contributed by atoms with E-state index in [9.17, 15) is 17.6 Å². The second kappa shape index (κ2) is 5.49. The van der Waals surface area contributed by atoms with Crippen molar-refractivity contribution in [1.29, 1.82) is 0 Å². The average molecular weight is 310 g/mol. The summed E-state index contributed by atoms with van der Waals surface area (Å²) in [5, 5.41) is 9.01. The van der Waals surface area contributed by atoms with Gasteiger partial charge in [0.05, 0.1) is 22.3 Å². The van der Waals surface area contributed by atoms with Crippen LogP contribution in [-0.4, -0.2) is 24.5 Å². The number of sulfonamides is 1. The lowest BCUT2D eigenvalue weighted by Gasteiger charge is -2.11. The van der Waals surface area contributed by atoms with Crippen molar-refractivity contribution in [3.8, 4) is 0 Å². The molecule has 0 aliphatic carbocycles. The highest BCUT2D eigenvalue weighted by atomic mass is 32.2. The third kappa shape index (κ3) is 3.16. The second-order valence-electron chi connectivity index (χ2n) is 4.24. The molecule has 0 aliphatic heterocycles. The fourth-order valence-corrected chi connectivity index (χ4v) is 3.05. The maximum Gasteiger partial charge on any atom is 0.337 e. The van der Waals surface area contributed by atoms with Gasteiger partial charge in [-0.1, -0.05) is 6.07 Å². The first-order valence-electron chi connectivity index (χ1n) is 5.77. The van der Waals surface area contributed by atoms with Crippen LogP contribution in [-0.2, 0) is 10.0 Å². The Balaban J connectivity index is 2.48. The number of hydrogen-bond donors (Lipinski definition) is 2. The lowest BCUT2D eigenvalue weighted by molar-refractivity contribution is 0.0698. The summed E-state index contributed by atoms with van der Waals surface area (Å²) in [4.78, 5) is 14.5. The molecule has 21 heavy (non-hydrogen) atoms. The summed E-state index contributed by atoms with van der Waals surface area (Å²) in [5.74, 6) is -2.00. The van der Waals surface area contributed by atoms with Gasteiger partial charge in [0.25, 0.3) is 10.0 Å². The molecule has 1 aromatic carbocycles. The van der Waals surface area contributed by atoms with Crippen molar-refractivity contribution in [2.75, 3.05) is 4.72 Å². The van der Waals surface area contributed by atoms with Crippen molar-refractivity contribution in [3.63, 3.8) is 0 Å². The van der Waals surface area contributed by atoms with Crippen LogP contribution in [0.2, 0.25) is 0 Å². The molecule has 0 aliphatic rings. The molecule has 2 N–H and O–H groups in total. The molecule has 0 saturated heterocycles. The molecular formula is C13H11FN2O4S. The van der Waals surface area contributed by atoms with E-state index in [1.54, 1.807) is 0 Å². The zero-order valence-corrected chi connectivity index (χ0v) is 11.7. The number of rotatable bonds is 4. The van der Waals surface area contributed by atoms with Crippen LogP contribution in [0.1, 0.15) is 15.9 Å². The van der Waals surface area contributed by atoms with Crippen LogP contribution in [0.15, 0.2) is 41.6 Å². The van der Waals surface area contributed by atoms with Gasteiger partial charge in [-0.05, 0) is 30.7 Å². The number of nitrogens with zero attached hydrogens (tertiary/aromatic N) is 1. The van der Waals surface area contributed by atoms with Gasteiger partial charge in [-0.25, -0.2) is 17.6 Å². The molecule has 1 aromatic heterocycles. The number of carbonyl (C=O) groups is 1. The first-order chi connectivity index (χ1) is 9.81. The molecule has 0 radical (unpaired) electrons. The number of aromatic carboxylic acids is 1. The number of carboxylic acid groups (broad SMARTS) is 1. The van der Waals surface area contributed by atoms with Crippen LogP contribution in [0.3, 0.4) is 0 Å². The van der Waals surface area contributed by atoms with E-state index in [2.05, 4.69) is 9.71 Å². The van der Waals surface area contributed by atoms with Crippen molar-refractivity contribution >= 4 is 21.7 Å². The smallest absolute Gasteiger partial charge is 0.337 e. The highest BCUT2D eigenvalue weighted by molar-refractivity contribution is 7.92. The maximum atomic E-state index is 13.2. The van der Waals surface area contributed by atoms with Gasteiger partial charge in [-0.2, -0.15) is 0 Å². The molecular weight excluding hydrogens is 299 g/mol. The van der Waals surface area contributed by atoms with E-state index in [0.29, 0.717) is 5.56 Å². The van der Waals surface area contributed by atoms with Gasteiger partial charge in [-0.3, -0.25) is 9.71 Å². The summed E-state index contributed by atoms with van der Waals surface area (Å²) in [6, 6.07) is 4.50. The largest absolute Gasteiger partial charge is 0.478 e. The summed E-state index contributed by atoms with van der Waals surface area (Å²) in [5.41, 5.74) is -0.0963. The van der Waals surface area contributed by atoms with Crippen molar-refractivity contribution < 1.29 is 22.7 Å². The third-order valence-electron chi connectivity index (χ3n) is 2.74. The quantitative estimate of drug-likeness (QED) is 0.900. The number of hydrogen-bond acceptors (Lipinski definition) is 4. The minimum absolute atomic E-state index is 0.186. The topological polar surface area (TPSA) is 96.4 Å². The van der Waals surface area contributed by atoms with Crippen LogP contribution < -0.4 is 4.72 Å². The predicted molar refractivity (Wildman–Crippen MR) is 73.1 cm³/mol. The number of anilines is 1. The van der Waals surface area contributed by atoms with E-state index in [4.69, 9.17) is 5.11 Å². The minimum Gasteiger partial charge on any atom is -0.478 e. The van der Waals surface area contributed by atoms with E-state index in [1.165, 1.54) is 25.3 Å². The molecule has 0 amide bonds. The van der Waals surface area contributed by atoms with Crippen LogP contribution in [0.5, 0.6) is 0 Å². The van der Waals surface area contributed by atoms with Crippen molar-refractivity contribution in [3.05, 3.63) is 53.6 Å². The number of aryl methyl sites for hydroxylation is 1. The fraction of sp³-hybridized carbons (Fsp3) is 0.0769. The zero-order chi connectivity index (χ0) is 15.6. The van der Waals surface area contributed by atoms with Crippen LogP contribution in [0.25, 0.3) is 0 Å². The van der Waals surface area contributed by atoms with E-state index in [1.807, 2.05) is 0 Å². The molecule has 0 bridgehead atoms. The summed E-state index contributed by atoms with van der Waals surface area (Å²) in [7, 11) is -4.12. The Morgan fingerprint density at radius 2 is 2.05 bits per heavy atom. The molecule has 0 spiro atoms. The molecule has 2 rings (SSSR count). The third-order valence-corrected chi connectivity index (χ3v) is 4.24. The van der Waals surface area contributed by atoms with Gasteiger partial charge in [-0.15, -0.1) is 0 Å². The molecule has 0 atom stereocenters. The van der Waals surface area contributed by atoms with Gasteiger partial charge < -0.3 is 5.11 Å². The number of carboxylic acids is 1. The van der Waals surface area contributed by atoms with Crippen LogP contribution in [0, 0.1) is 12.7 Å².